The van der Waals surface area contributed by atoms with E-state index in [9.17, 15) is 18.0 Å². The molecular weight excluding hydrogens is 500 g/mol. The number of sulfonamides is 1. The largest absolute Gasteiger partial charge is 0.420 e. The van der Waals surface area contributed by atoms with Crippen LogP contribution in [0.25, 0.3) is 5.76 Å². The smallest absolute Gasteiger partial charge is 0.343 e. The van der Waals surface area contributed by atoms with Crippen LogP contribution in [0.2, 0.25) is 0 Å². The maximum absolute atomic E-state index is 13.7. The average Bonchev–Trinajstić information content (AvgIpc) is 2.95. The van der Waals surface area contributed by atoms with Crippen LogP contribution < -0.4 is 0 Å². The van der Waals surface area contributed by atoms with Crippen molar-refractivity contribution in [3.05, 3.63) is 119 Å². The molecule has 0 saturated carbocycles. The third kappa shape index (κ3) is 5.32. The highest BCUT2D eigenvalue weighted by Crippen LogP contribution is 2.39. The van der Waals surface area contributed by atoms with Gasteiger partial charge in [-0.05, 0) is 42.9 Å². The van der Waals surface area contributed by atoms with Gasteiger partial charge in [-0.2, -0.15) is 0 Å². The summed E-state index contributed by atoms with van der Waals surface area (Å²) in [5.41, 5.74) is 1.52. The number of carbonyl (C=O) groups is 2. The van der Waals surface area contributed by atoms with Crippen molar-refractivity contribution in [3.63, 3.8) is 0 Å². The molecule has 0 aliphatic carbocycles. The number of Topliss-reactive ketones (excluding diaryl/α,β-unsaturated/α-hetero) is 1. The number of ketones is 1. The zero-order valence-electron chi connectivity index (χ0n) is 21.5. The standard InChI is InChI=1S/C30H30N2O5S/c1-4-20-32-27(28(33)23-12-8-7-9-13-23)29(25-14-10-11-15-26(25)38(32,35)36)37-30(34)24-18-16-22(17-19-24)21-31(5-2)6-3/h4,7-19H,1,5-6,20-21H2,2-3H3. The zero-order chi connectivity index (χ0) is 27.3. The number of allylic oxidation sites excluding steroid dienone is 1. The number of nitrogens with zero attached hydrogens (tertiary/aromatic N) is 2. The molecule has 38 heavy (non-hydrogen) atoms. The molecule has 0 spiro atoms. The van der Waals surface area contributed by atoms with Crippen LogP contribution in [0.1, 0.15) is 45.7 Å². The van der Waals surface area contributed by atoms with Crippen LogP contribution in [0.5, 0.6) is 0 Å². The molecule has 1 aliphatic heterocycles. The molecule has 1 aliphatic rings. The van der Waals surface area contributed by atoms with Gasteiger partial charge in [0, 0.05) is 17.7 Å². The summed E-state index contributed by atoms with van der Waals surface area (Å²) in [5.74, 6) is -1.38. The molecule has 4 rings (SSSR count). The Morgan fingerprint density at radius 3 is 2.16 bits per heavy atom. The molecule has 0 saturated heterocycles. The number of hydrogen-bond acceptors (Lipinski definition) is 6. The van der Waals surface area contributed by atoms with Crippen molar-refractivity contribution in [3.8, 4) is 0 Å². The van der Waals surface area contributed by atoms with Gasteiger partial charge in [0.15, 0.2) is 5.76 Å². The van der Waals surface area contributed by atoms with Crippen LogP contribution in [-0.2, 0) is 21.3 Å². The van der Waals surface area contributed by atoms with E-state index in [1.165, 1.54) is 18.2 Å². The number of carbonyl (C=O) groups excluding carboxylic acids is 2. The Morgan fingerprint density at radius 1 is 0.895 bits per heavy atom. The van der Waals surface area contributed by atoms with Crippen LogP contribution in [0.15, 0.2) is 102 Å². The predicted octanol–water partition coefficient (Wildman–Crippen LogP) is 5.13. The van der Waals surface area contributed by atoms with Crippen molar-refractivity contribution in [1.82, 2.24) is 9.21 Å². The maximum Gasteiger partial charge on any atom is 0.343 e. The van der Waals surface area contributed by atoms with Gasteiger partial charge in [0.2, 0.25) is 5.78 Å². The van der Waals surface area contributed by atoms with Gasteiger partial charge >= 0.3 is 5.97 Å². The lowest BCUT2D eigenvalue weighted by atomic mass is 10.0. The van der Waals surface area contributed by atoms with Gasteiger partial charge in [-0.25, -0.2) is 13.2 Å². The number of benzene rings is 3. The Labute approximate surface area is 223 Å². The van der Waals surface area contributed by atoms with E-state index < -0.39 is 21.8 Å². The van der Waals surface area contributed by atoms with Gasteiger partial charge in [-0.15, -0.1) is 6.58 Å². The quantitative estimate of drug-likeness (QED) is 0.205. The van der Waals surface area contributed by atoms with Gasteiger partial charge in [-0.1, -0.05) is 74.5 Å². The highest BCUT2D eigenvalue weighted by molar-refractivity contribution is 7.89. The van der Waals surface area contributed by atoms with E-state index in [0.29, 0.717) is 0 Å². The molecule has 3 aromatic rings. The Hall–Kier alpha value is -4.01. The minimum Gasteiger partial charge on any atom is -0.420 e. The Balaban J connectivity index is 1.80. The van der Waals surface area contributed by atoms with E-state index in [2.05, 4.69) is 25.3 Å². The van der Waals surface area contributed by atoms with Crippen LogP contribution in [0.4, 0.5) is 0 Å². The molecule has 0 bridgehead atoms. The Bertz CT molecular complexity index is 1470. The lowest BCUT2D eigenvalue weighted by molar-refractivity contribution is 0.0686. The molecule has 1 heterocycles. The van der Waals surface area contributed by atoms with Crippen molar-refractivity contribution in [1.29, 1.82) is 0 Å². The van der Waals surface area contributed by atoms with Crippen LogP contribution in [0.3, 0.4) is 0 Å². The highest BCUT2D eigenvalue weighted by Gasteiger charge is 2.41. The molecule has 0 unspecified atom stereocenters. The number of rotatable bonds is 10. The number of esters is 1. The van der Waals surface area contributed by atoms with Gasteiger partial charge in [0.1, 0.15) is 5.70 Å². The van der Waals surface area contributed by atoms with E-state index >= 15 is 0 Å². The van der Waals surface area contributed by atoms with E-state index in [1.54, 1.807) is 54.6 Å². The van der Waals surface area contributed by atoms with Gasteiger partial charge in [-0.3, -0.25) is 14.0 Å². The van der Waals surface area contributed by atoms with E-state index in [-0.39, 0.29) is 39.6 Å². The second-order valence-corrected chi connectivity index (χ2v) is 10.6. The first kappa shape index (κ1) is 27.0. The molecule has 196 valence electrons. The van der Waals surface area contributed by atoms with Crippen molar-refractivity contribution in [2.45, 2.75) is 25.3 Å². The SMILES string of the molecule is C=CCN1C(C(=O)c2ccccc2)=C(OC(=O)c2ccc(CN(CC)CC)cc2)c2ccccc2S1(=O)=O. The van der Waals surface area contributed by atoms with E-state index in [1.807, 2.05) is 12.1 Å². The molecular formula is C30H30N2O5S. The Kier molecular flexibility index (Phi) is 8.24. The minimum absolute atomic E-state index is 0.0520. The first-order valence-electron chi connectivity index (χ1n) is 12.4. The first-order valence-corrected chi connectivity index (χ1v) is 13.9. The number of hydrogen-bond donors (Lipinski definition) is 0. The summed E-state index contributed by atoms with van der Waals surface area (Å²) >= 11 is 0. The topological polar surface area (TPSA) is 84.0 Å². The fraction of sp³-hybridized carbons (Fsp3) is 0.200. The number of ether oxygens (including phenoxy) is 1. The summed E-state index contributed by atoms with van der Waals surface area (Å²) in [7, 11) is -4.12. The predicted molar refractivity (Wildman–Crippen MR) is 147 cm³/mol. The monoisotopic (exact) mass is 530 g/mol. The zero-order valence-corrected chi connectivity index (χ0v) is 22.3. The van der Waals surface area contributed by atoms with Crippen molar-refractivity contribution in [2.75, 3.05) is 19.6 Å². The molecule has 0 amide bonds. The molecule has 7 nitrogen and oxygen atoms in total. The summed E-state index contributed by atoms with van der Waals surface area (Å²) in [5, 5.41) is 0. The summed E-state index contributed by atoms with van der Waals surface area (Å²) < 4.78 is 33.9. The summed E-state index contributed by atoms with van der Waals surface area (Å²) in [6, 6.07) is 21.6. The molecule has 3 aromatic carbocycles. The van der Waals surface area contributed by atoms with Crippen LogP contribution >= 0.6 is 0 Å². The van der Waals surface area contributed by atoms with Crippen molar-refractivity contribution in [2.24, 2.45) is 0 Å². The third-order valence-corrected chi connectivity index (χ3v) is 8.22. The molecule has 0 N–H and O–H groups in total. The summed E-state index contributed by atoms with van der Waals surface area (Å²) in [6.45, 7) is 10.3. The summed E-state index contributed by atoms with van der Waals surface area (Å²) in [4.78, 5) is 29.3. The second kappa shape index (κ2) is 11.6. The first-order chi connectivity index (χ1) is 18.3. The molecule has 8 heteroatoms. The van der Waals surface area contributed by atoms with Crippen molar-refractivity contribution >= 4 is 27.5 Å². The molecule has 0 aromatic heterocycles. The lowest BCUT2D eigenvalue weighted by Crippen LogP contribution is -2.38. The Morgan fingerprint density at radius 2 is 1.53 bits per heavy atom. The fourth-order valence-electron chi connectivity index (χ4n) is 4.31. The third-order valence-electron chi connectivity index (χ3n) is 6.40. The average molecular weight is 531 g/mol. The molecule has 0 atom stereocenters. The fourth-order valence-corrected chi connectivity index (χ4v) is 5.95. The number of fused-ring (bicyclic) bond motifs is 1. The lowest BCUT2D eigenvalue weighted by Gasteiger charge is -2.32. The van der Waals surface area contributed by atoms with Gasteiger partial charge < -0.3 is 4.74 Å². The minimum atomic E-state index is -4.12. The van der Waals surface area contributed by atoms with E-state index in [0.717, 1.165) is 29.5 Å². The van der Waals surface area contributed by atoms with Crippen molar-refractivity contribution < 1.29 is 22.7 Å². The highest BCUT2D eigenvalue weighted by atomic mass is 32.2. The van der Waals surface area contributed by atoms with Crippen LogP contribution in [-0.4, -0.2) is 49.0 Å². The summed E-state index contributed by atoms with van der Waals surface area (Å²) in [6.07, 6.45) is 1.39. The molecule has 0 radical (unpaired) electrons. The van der Waals surface area contributed by atoms with Crippen LogP contribution in [0, 0.1) is 0 Å². The molecule has 0 fully saturated rings. The normalized spacial score (nSPS) is 14.2. The maximum atomic E-state index is 13.7. The van der Waals surface area contributed by atoms with E-state index in [4.69, 9.17) is 4.74 Å². The van der Waals surface area contributed by atoms with Gasteiger partial charge in [0.25, 0.3) is 10.0 Å². The van der Waals surface area contributed by atoms with Gasteiger partial charge in [0.05, 0.1) is 17.0 Å². The second-order valence-electron chi connectivity index (χ2n) is 8.74.